The van der Waals surface area contributed by atoms with Gasteiger partial charge in [0.1, 0.15) is 5.82 Å². The van der Waals surface area contributed by atoms with Crippen LogP contribution in [0.3, 0.4) is 0 Å². The number of aromatic nitrogens is 2. The first-order valence-electron chi connectivity index (χ1n) is 6.44. The van der Waals surface area contributed by atoms with Crippen molar-refractivity contribution in [2.75, 3.05) is 5.43 Å². The second-order valence-electron chi connectivity index (χ2n) is 4.45. The van der Waals surface area contributed by atoms with Crippen LogP contribution in [0.2, 0.25) is 5.02 Å². The number of anilines is 1. The van der Waals surface area contributed by atoms with Crippen LogP contribution in [0.4, 0.5) is 5.82 Å². The van der Waals surface area contributed by atoms with Crippen molar-refractivity contribution in [3.63, 3.8) is 0 Å². The van der Waals surface area contributed by atoms with Crippen molar-refractivity contribution in [1.29, 1.82) is 0 Å². The van der Waals surface area contributed by atoms with Gasteiger partial charge in [-0.3, -0.25) is 0 Å². The molecule has 3 aromatic rings. The molecule has 1 heterocycles. The Balaban J connectivity index is 2.17. The third kappa shape index (κ3) is 2.86. The molecule has 0 radical (unpaired) electrons. The first-order chi connectivity index (χ1) is 10.3. The highest BCUT2D eigenvalue weighted by Crippen LogP contribution is 2.28. The Kier molecular flexibility index (Phi) is 3.81. The van der Waals surface area contributed by atoms with Gasteiger partial charge in [0.25, 0.3) is 0 Å². The smallest absolute Gasteiger partial charge is 0.163 e. The topological polar surface area (TPSA) is 63.8 Å². The Bertz CT molecular complexity index is 759. The van der Waals surface area contributed by atoms with E-state index in [1.165, 1.54) is 0 Å². The zero-order chi connectivity index (χ0) is 14.7. The van der Waals surface area contributed by atoms with Crippen molar-refractivity contribution < 1.29 is 0 Å². The maximum Gasteiger partial charge on any atom is 0.163 e. The maximum atomic E-state index is 6.22. The van der Waals surface area contributed by atoms with Crippen LogP contribution in [0.15, 0.2) is 60.7 Å². The van der Waals surface area contributed by atoms with Gasteiger partial charge in [-0.1, -0.05) is 54.1 Å². The van der Waals surface area contributed by atoms with Gasteiger partial charge < -0.3 is 5.43 Å². The molecule has 5 heteroatoms. The van der Waals surface area contributed by atoms with Crippen LogP contribution in [-0.2, 0) is 0 Å². The second-order valence-corrected chi connectivity index (χ2v) is 4.86. The van der Waals surface area contributed by atoms with Gasteiger partial charge in [0, 0.05) is 17.2 Å². The Labute approximate surface area is 127 Å². The lowest BCUT2D eigenvalue weighted by atomic mass is 10.1. The quantitative estimate of drug-likeness (QED) is 0.571. The summed E-state index contributed by atoms with van der Waals surface area (Å²) >= 11 is 6.22. The van der Waals surface area contributed by atoms with Crippen LogP contribution in [0.25, 0.3) is 22.6 Å². The summed E-state index contributed by atoms with van der Waals surface area (Å²) in [5, 5.41) is 0.602. The van der Waals surface area contributed by atoms with Crippen molar-refractivity contribution in [2.24, 2.45) is 5.84 Å². The SMILES string of the molecule is NNc1cc(-c2ccccc2)nc(-c2ccccc2Cl)n1. The van der Waals surface area contributed by atoms with Crippen LogP contribution in [-0.4, -0.2) is 9.97 Å². The molecule has 3 N–H and O–H groups in total. The van der Waals surface area contributed by atoms with Crippen LogP contribution in [0.5, 0.6) is 0 Å². The van der Waals surface area contributed by atoms with Gasteiger partial charge in [-0.25, -0.2) is 15.8 Å². The van der Waals surface area contributed by atoms with Crippen molar-refractivity contribution in [2.45, 2.75) is 0 Å². The number of hydrogen-bond acceptors (Lipinski definition) is 4. The molecule has 104 valence electrons. The molecular formula is C16H13ClN4. The monoisotopic (exact) mass is 296 g/mol. The third-order valence-electron chi connectivity index (χ3n) is 3.06. The number of nitrogens with zero attached hydrogens (tertiary/aromatic N) is 2. The summed E-state index contributed by atoms with van der Waals surface area (Å²) in [7, 11) is 0. The number of hydrogen-bond donors (Lipinski definition) is 2. The minimum atomic E-state index is 0.537. The van der Waals surface area contributed by atoms with Crippen molar-refractivity contribution >= 4 is 17.4 Å². The fraction of sp³-hybridized carbons (Fsp3) is 0. The molecular weight excluding hydrogens is 284 g/mol. The first kappa shape index (κ1) is 13.5. The van der Waals surface area contributed by atoms with E-state index in [1.807, 2.05) is 54.6 Å². The van der Waals surface area contributed by atoms with Gasteiger partial charge in [-0.2, -0.15) is 0 Å². The standard InChI is InChI=1S/C16H13ClN4/c17-13-9-5-4-8-12(13)16-19-14(10-15(20-16)21-18)11-6-2-1-3-7-11/h1-10H,18H2,(H,19,20,21). The largest absolute Gasteiger partial charge is 0.308 e. The van der Waals surface area contributed by atoms with Gasteiger partial charge in [-0.05, 0) is 12.1 Å². The predicted molar refractivity (Wildman–Crippen MR) is 85.7 cm³/mol. The van der Waals surface area contributed by atoms with E-state index >= 15 is 0 Å². The van der Waals surface area contributed by atoms with Crippen molar-refractivity contribution in [1.82, 2.24) is 9.97 Å². The van der Waals surface area contributed by atoms with E-state index in [4.69, 9.17) is 17.4 Å². The summed E-state index contributed by atoms with van der Waals surface area (Å²) in [5.41, 5.74) is 5.12. The Hall–Kier alpha value is -2.43. The molecule has 0 aliphatic rings. The minimum absolute atomic E-state index is 0.537. The number of halogens is 1. The summed E-state index contributed by atoms with van der Waals surface area (Å²) in [5.74, 6) is 6.59. The van der Waals surface area contributed by atoms with Crippen molar-refractivity contribution in [3.05, 3.63) is 65.7 Å². The van der Waals surface area contributed by atoms with Crippen LogP contribution < -0.4 is 11.3 Å². The number of rotatable bonds is 3. The highest BCUT2D eigenvalue weighted by atomic mass is 35.5. The van der Waals surface area contributed by atoms with Gasteiger partial charge in [0.2, 0.25) is 0 Å². The lowest BCUT2D eigenvalue weighted by Crippen LogP contribution is -2.10. The van der Waals surface area contributed by atoms with E-state index in [0.717, 1.165) is 16.8 Å². The molecule has 0 atom stereocenters. The van der Waals surface area contributed by atoms with E-state index in [9.17, 15) is 0 Å². The third-order valence-corrected chi connectivity index (χ3v) is 3.39. The highest BCUT2D eigenvalue weighted by Gasteiger charge is 2.10. The van der Waals surface area contributed by atoms with E-state index < -0.39 is 0 Å². The van der Waals surface area contributed by atoms with E-state index in [-0.39, 0.29) is 0 Å². The molecule has 21 heavy (non-hydrogen) atoms. The van der Waals surface area contributed by atoms with Crippen LogP contribution >= 0.6 is 11.6 Å². The summed E-state index contributed by atoms with van der Waals surface area (Å²) in [6.45, 7) is 0. The van der Waals surface area contributed by atoms with E-state index in [1.54, 1.807) is 6.07 Å². The van der Waals surface area contributed by atoms with E-state index in [2.05, 4.69) is 15.4 Å². The zero-order valence-corrected chi connectivity index (χ0v) is 11.9. The van der Waals surface area contributed by atoms with Gasteiger partial charge in [-0.15, -0.1) is 0 Å². The number of nitrogens with one attached hydrogen (secondary N) is 1. The lowest BCUT2D eigenvalue weighted by molar-refractivity contribution is 1.15. The molecule has 0 saturated heterocycles. The van der Waals surface area contributed by atoms with E-state index in [0.29, 0.717) is 16.7 Å². The fourth-order valence-electron chi connectivity index (χ4n) is 2.04. The molecule has 0 amide bonds. The molecule has 0 bridgehead atoms. The maximum absolute atomic E-state index is 6.22. The summed E-state index contributed by atoms with van der Waals surface area (Å²) in [6, 6.07) is 19.1. The molecule has 0 saturated carbocycles. The molecule has 0 aliphatic heterocycles. The number of nitrogen functional groups attached to an aromatic ring is 1. The average molecular weight is 297 g/mol. The predicted octanol–water partition coefficient (Wildman–Crippen LogP) is 3.75. The molecule has 4 nitrogen and oxygen atoms in total. The summed E-state index contributed by atoms with van der Waals surface area (Å²) < 4.78 is 0. The molecule has 1 aromatic heterocycles. The minimum Gasteiger partial charge on any atom is -0.308 e. The summed E-state index contributed by atoms with van der Waals surface area (Å²) in [4.78, 5) is 8.97. The Morgan fingerprint density at radius 1 is 0.905 bits per heavy atom. The molecule has 0 fully saturated rings. The van der Waals surface area contributed by atoms with Gasteiger partial charge >= 0.3 is 0 Å². The van der Waals surface area contributed by atoms with Crippen LogP contribution in [0.1, 0.15) is 0 Å². The number of benzene rings is 2. The molecule has 3 rings (SSSR count). The first-order valence-corrected chi connectivity index (χ1v) is 6.82. The molecule has 0 aliphatic carbocycles. The molecule has 0 spiro atoms. The highest BCUT2D eigenvalue weighted by molar-refractivity contribution is 6.33. The lowest BCUT2D eigenvalue weighted by Gasteiger charge is -2.09. The summed E-state index contributed by atoms with van der Waals surface area (Å²) in [6.07, 6.45) is 0. The fourth-order valence-corrected chi connectivity index (χ4v) is 2.26. The Morgan fingerprint density at radius 2 is 1.62 bits per heavy atom. The normalized spacial score (nSPS) is 10.4. The Morgan fingerprint density at radius 3 is 2.33 bits per heavy atom. The zero-order valence-electron chi connectivity index (χ0n) is 11.1. The van der Waals surface area contributed by atoms with Gasteiger partial charge in [0.15, 0.2) is 5.82 Å². The molecule has 2 aromatic carbocycles. The average Bonchev–Trinajstić information content (AvgIpc) is 2.55. The number of hydrazine groups is 1. The van der Waals surface area contributed by atoms with Crippen molar-refractivity contribution in [3.8, 4) is 22.6 Å². The molecule has 0 unspecified atom stereocenters. The second kappa shape index (κ2) is 5.91. The number of nitrogens with two attached hydrogens (primary N) is 1. The van der Waals surface area contributed by atoms with Crippen LogP contribution in [0, 0.1) is 0 Å². The van der Waals surface area contributed by atoms with Gasteiger partial charge in [0.05, 0.1) is 10.7 Å².